The van der Waals surface area contributed by atoms with E-state index in [1.807, 2.05) is 15.9 Å². The zero-order valence-corrected chi connectivity index (χ0v) is 14.4. The molecule has 3 amide bonds. The number of nitrogens with one attached hydrogen (secondary N) is 1. The highest BCUT2D eigenvalue weighted by Crippen LogP contribution is 2.20. The molecule has 0 saturated carbocycles. The summed E-state index contributed by atoms with van der Waals surface area (Å²) in [4.78, 5) is 29.7. The minimum Gasteiger partial charge on any atom is -0.366 e. The van der Waals surface area contributed by atoms with Gasteiger partial charge in [-0.3, -0.25) is 4.79 Å². The van der Waals surface area contributed by atoms with Crippen molar-refractivity contribution in [2.75, 3.05) is 50.7 Å². The lowest BCUT2D eigenvalue weighted by atomic mass is 10.2. The predicted molar refractivity (Wildman–Crippen MR) is 94.0 cm³/mol. The lowest BCUT2D eigenvalue weighted by Gasteiger charge is -2.36. The summed E-state index contributed by atoms with van der Waals surface area (Å²) in [6.07, 6.45) is 2.50. The summed E-state index contributed by atoms with van der Waals surface area (Å²) >= 11 is 0. The molecule has 2 fully saturated rings. The molecule has 2 aliphatic heterocycles. The fourth-order valence-electron chi connectivity index (χ4n) is 3.37. The van der Waals surface area contributed by atoms with Gasteiger partial charge in [0.05, 0.1) is 5.69 Å². The standard InChI is InChI=1S/C18H25FN4O2/c19-15-5-1-2-6-16(15)21-11-13-23(14-12-21)18(25)20-8-7-17(24)22-9-3-4-10-22/h1-2,5-6H,3-4,7-14H2,(H,20,25). The zero-order chi connectivity index (χ0) is 17.6. The van der Waals surface area contributed by atoms with Crippen LogP contribution in [0.2, 0.25) is 0 Å². The van der Waals surface area contributed by atoms with E-state index in [1.54, 1.807) is 17.0 Å². The van der Waals surface area contributed by atoms with Gasteiger partial charge in [-0.2, -0.15) is 0 Å². The molecule has 0 aromatic heterocycles. The third-order valence-electron chi connectivity index (χ3n) is 4.83. The number of likely N-dealkylation sites (tertiary alicyclic amines) is 1. The number of carbonyl (C=O) groups is 2. The Morgan fingerprint density at radius 1 is 0.960 bits per heavy atom. The van der Waals surface area contributed by atoms with Crippen LogP contribution >= 0.6 is 0 Å². The molecule has 1 aromatic carbocycles. The monoisotopic (exact) mass is 348 g/mol. The number of nitrogens with zero attached hydrogens (tertiary/aromatic N) is 3. The number of amides is 3. The highest BCUT2D eigenvalue weighted by atomic mass is 19.1. The molecule has 7 heteroatoms. The minimum atomic E-state index is -0.235. The van der Waals surface area contributed by atoms with Gasteiger partial charge in [0.15, 0.2) is 0 Å². The molecule has 0 atom stereocenters. The van der Waals surface area contributed by atoms with Crippen molar-refractivity contribution in [1.82, 2.24) is 15.1 Å². The molecular weight excluding hydrogens is 323 g/mol. The van der Waals surface area contributed by atoms with Gasteiger partial charge in [0, 0.05) is 52.2 Å². The Bertz CT molecular complexity index is 611. The van der Waals surface area contributed by atoms with E-state index in [-0.39, 0.29) is 17.8 Å². The summed E-state index contributed by atoms with van der Waals surface area (Å²) in [7, 11) is 0. The van der Waals surface area contributed by atoms with Gasteiger partial charge in [-0.05, 0) is 25.0 Å². The SMILES string of the molecule is O=C(CCNC(=O)N1CCN(c2ccccc2F)CC1)N1CCCC1. The molecule has 1 N–H and O–H groups in total. The Labute approximate surface area is 147 Å². The predicted octanol–water partition coefficient (Wildman–Crippen LogP) is 1.67. The van der Waals surface area contributed by atoms with Gasteiger partial charge in [-0.25, -0.2) is 9.18 Å². The van der Waals surface area contributed by atoms with E-state index in [0.717, 1.165) is 25.9 Å². The van der Waals surface area contributed by atoms with Crippen molar-refractivity contribution in [3.8, 4) is 0 Å². The number of para-hydroxylation sites is 1. The van der Waals surface area contributed by atoms with Gasteiger partial charge in [0.1, 0.15) is 5.82 Å². The fourth-order valence-corrected chi connectivity index (χ4v) is 3.37. The Kier molecular flexibility index (Phi) is 5.73. The van der Waals surface area contributed by atoms with Gasteiger partial charge in [0.2, 0.25) is 5.91 Å². The first-order valence-electron chi connectivity index (χ1n) is 8.95. The summed E-state index contributed by atoms with van der Waals surface area (Å²) in [5, 5.41) is 2.82. The molecule has 3 rings (SSSR count). The molecule has 25 heavy (non-hydrogen) atoms. The van der Waals surface area contributed by atoms with E-state index < -0.39 is 0 Å². The molecule has 2 saturated heterocycles. The molecule has 0 unspecified atom stereocenters. The molecule has 0 radical (unpaired) electrons. The van der Waals surface area contributed by atoms with E-state index in [2.05, 4.69) is 5.32 Å². The average molecular weight is 348 g/mol. The maximum Gasteiger partial charge on any atom is 0.317 e. The van der Waals surface area contributed by atoms with Gasteiger partial charge in [-0.15, -0.1) is 0 Å². The van der Waals surface area contributed by atoms with Gasteiger partial charge in [0.25, 0.3) is 0 Å². The van der Waals surface area contributed by atoms with Gasteiger partial charge in [-0.1, -0.05) is 12.1 Å². The molecule has 1 aromatic rings. The highest BCUT2D eigenvalue weighted by molar-refractivity contribution is 5.78. The molecule has 6 nitrogen and oxygen atoms in total. The Balaban J connectivity index is 1.39. The number of hydrogen-bond donors (Lipinski definition) is 1. The number of carbonyl (C=O) groups excluding carboxylic acids is 2. The normalized spacial score (nSPS) is 17.7. The molecule has 2 aliphatic rings. The summed E-state index contributed by atoms with van der Waals surface area (Å²) in [5.41, 5.74) is 0.582. The molecule has 2 heterocycles. The Morgan fingerprint density at radius 2 is 1.64 bits per heavy atom. The Morgan fingerprint density at radius 3 is 2.32 bits per heavy atom. The maximum absolute atomic E-state index is 13.8. The number of hydrogen-bond acceptors (Lipinski definition) is 3. The summed E-state index contributed by atoms with van der Waals surface area (Å²) in [6.45, 7) is 4.32. The van der Waals surface area contributed by atoms with Crippen LogP contribution in [0.25, 0.3) is 0 Å². The second-order valence-corrected chi connectivity index (χ2v) is 6.50. The van der Waals surface area contributed by atoms with Gasteiger partial charge < -0.3 is 20.0 Å². The first-order chi connectivity index (χ1) is 12.1. The number of piperazine rings is 1. The van der Waals surface area contributed by atoms with Gasteiger partial charge >= 0.3 is 6.03 Å². The van der Waals surface area contributed by atoms with E-state index in [9.17, 15) is 14.0 Å². The van der Waals surface area contributed by atoms with Crippen molar-refractivity contribution in [3.63, 3.8) is 0 Å². The second-order valence-electron chi connectivity index (χ2n) is 6.50. The van der Waals surface area contributed by atoms with Crippen LogP contribution in [0, 0.1) is 5.82 Å². The lowest BCUT2D eigenvalue weighted by Crippen LogP contribution is -2.52. The molecule has 0 aliphatic carbocycles. The number of benzene rings is 1. The smallest absolute Gasteiger partial charge is 0.317 e. The van der Waals surface area contributed by atoms with Crippen LogP contribution in [0.15, 0.2) is 24.3 Å². The van der Waals surface area contributed by atoms with E-state index in [4.69, 9.17) is 0 Å². The van der Waals surface area contributed by atoms with Crippen LogP contribution in [-0.4, -0.2) is 67.6 Å². The van der Waals surface area contributed by atoms with Crippen molar-refractivity contribution in [2.45, 2.75) is 19.3 Å². The van der Waals surface area contributed by atoms with Crippen LogP contribution in [0.3, 0.4) is 0 Å². The largest absolute Gasteiger partial charge is 0.366 e. The summed E-state index contributed by atoms with van der Waals surface area (Å²) in [6, 6.07) is 6.55. The fraction of sp³-hybridized carbons (Fsp3) is 0.556. The third-order valence-corrected chi connectivity index (χ3v) is 4.83. The average Bonchev–Trinajstić information content (AvgIpc) is 3.17. The lowest BCUT2D eigenvalue weighted by molar-refractivity contribution is -0.129. The Hall–Kier alpha value is -2.31. The van der Waals surface area contributed by atoms with Crippen molar-refractivity contribution in [1.29, 1.82) is 0 Å². The first kappa shape index (κ1) is 17.5. The van der Waals surface area contributed by atoms with Crippen molar-refractivity contribution in [2.24, 2.45) is 0 Å². The molecule has 0 bridgehead atoms. The minimum absolute atomic E-state index is 0.113. The first-order valence-corrected chi connectivity index (χ1v) is 8.95. The summed E-state index contributed by atoms with van der Waals surface area (Å²) < 4.78 is 13.8. The quantitative estimate of drug-likeness (QED) is 0.901. The second kappa shape index (κ2) is 8.18. The van der Waals surface area contributed by atoms with Crippen molar-refractivity contribution in [3.05, 3.63) is 30.1 Å². The number of rotatable bonds is 4. The summed E-state index contributed by atoms with van der Waals surface area (Å²) in [5.74, 6) is -0.122. The van der Waals surface area contributed by atoms with Crippen LogP contribution < -0.4 is 10.2 Å². The van der Waals surface area contributed by atoms with Crippen LogP contribution in [0.5, 0.6) is 0 Å². The van der Waals surface area contributed by atoms with Crippen LogP contribution in [0.4, 0.5) is 14.9 Å². The topological polar surface area (TPSA) is 55.9 Å². The highest BCUT2D eigenvalue weighted by Gasteiger charge is 2.23. The van der Waals surface area contributed by atoms with Crippen molar-refractivity contribution >= 4 is 17.6 Å². The van der Waals surface area contributed by atoms with Crippen molar-refractivity contribution < 1.29 is 14.0 Å². The molecule has 136 valence electrons. The maximum atomic E-state index is 13.8. The van der Waals surface area contributed by atoms with Crippen LogP contribution in [0.1, 0.15) is 19.3 Å². The number of urea groups is 1. The van der Waals surface area contributed by atoms with Crippen LogP contribution in [-0.2, 0) is 4.79 Å². The third kappa shape index (κ3) is 4.41. The number of anilines is 1. The van der Waals surface area contributed by atoms with E-state index in [0.29, 0.717) is 44.8 Å². The molecular formula is C18H25FN4O2. The number of halogens is 1. The van der Waals surface area contributed by atoms with E-state index >= 15 is 0 Å². The molecule has 0 spiro atoms. The zero-order valence-electron chi connectivity index (χ0n) is 14.4. The van der Waals surface area contributed by atoms with E-state index in [1.165, 1.54) is 6.07 Å².